The van der Waals surface area contributed by atoms with Gasteiger partial charge in [0.25, 0.3) is 0 Å². The fourth-order valence-electron chi connectivity index (χ4n) is 4.38. The zero-order valence-electron chi connectivity index (χ0n) is 15.6. The molecule has 0 aliphatic carbocycles. The highest BCUT2D eigenvalue weighted by Gasteiger charge is 2.26. The van der Waals surface area contributed by atoms with E-state index in [1.807, 2.05) is 0 Å². The van der Waals surface area contributed by atoms with E-state index >= 15 is 0 Å². The molecule has 134 valence electrons. The summed E-state index contributed by atoms with van der Waals surface area (Å²) < 4.78 is 0. The van der Waals surface area contributed by atoms with Crippen molar-refractivity contribution < 1.29 is 0 Å². The molecule has 1 aromatic carbocycles. The molecule has 0 aromatic heterocycles. The van der Waals surface area contributed by atoms with Crippen molar-refractivity contribution in [1.82, 2.24) is 15.1 Å². The molecule has 24 heavy (non-hydrogen) atoms. The molecule has 0 spiro atoms. The van der Waals surface area contributed by atoms with Gasteiger partial charge in [-0.2, -0.15) is 0 Å². The summed E-state index contributed by atoms with van der Waals surface area (Å²) in [6.45, 7) is 12.1. The topological polar surface area (TPSA) is 18.5 Å². The monoisotopic (exact) mass is 329 g/mol. The number of nitrogens with zero attached hydrogens (tertiary/aromatic N) is 2. The molecular formula is C21H35N3. The highest BCUT2D eigenvalue weighted by molar-refractivity contribution is 5.14. The largest absolute Gasteiger partial charge is 0.311 e. The van der Waals surface area contributed by atoms with Gasteiger partial charge in [0.1, 0.15) is 0 Å². The lowest BCUT2D eigenvalue weighted by Gasteiger charge is -2.38. The maximum Gasteiger partial charge on any atom is 0.0233 e. The summed E-state index contributed by atoms with van der Waals surface area (Å²) in [5.74, 6) is 0.871. The van der Waals surface area contributed by atoms with Crippen LogP contribution in [0, 0.1) is 5.92 Å². The quantitative estimate of drug-likeness (QED) is 0.863. The van der Waals surface area contributed by atoms with Gasteiger partial charge in [0.05, 0.1) is 0 Å². The third kappa shape index (κ3) is 5.05. The molecule has 3 rings (SSSR count). The first-order valence-corrected chi connectivity index (χ1v) is 9.99. The van der Waals surface area contributed by atoms with E-state index in [0.717, 1.165) is 18.5 Å². The van der Waals surface area contributed by atoms with Crippen LogP contribution in [-0.4, -0.2) is 54.6 Å². The summed E-state index contributed by atoms with van der Waals surface area (Å²) in [5, 5.41) is 3.96. The van der Waals surface area contributed by atoms with Crippen LogP contribution in [0.4, 0.5) is 0 Å². The molecule has 0 radical (unpaired) electrons. The molecule has 0 saturated carbocycles. The van der Waals surface area contributed by atoms with Gasteiger partial charge in [0.2, 0.25) is 0 Å². The van der Waals surface area contributed by atoms with Crippen LogP contribution in [0.15, 0.2) is 30.3 Å². The van der Waals surface area contributed by atoms with E-state index < -0.39 is 0 Å². The first-order chi connectivity index (χ1) is 11.7. The third-order valence-electron chi connectivity index (χ3n) is 6.12. The van der Waals surface area contributed by atoms with Gasteiger partial charge in [-0.3, -0.25) is 4.90 Å². The summed E-state index contributed by atoms with van der Waals surface area (Å²) in [6, 6.07) is 12.3. The zero-order valence-corrected chi connectivity index (χ0v) is 15.6. The second-order valence-corrected chi connectivity index (χ2v) is 7.76. The van der Waals surface area contributed by atoms with Crippen molar-refractivity contribution in [2.24, 2.45) is 5.92 Å². The number of nitrogens with one attached hydrogen (secondary N) is 1. The van der Waals surface area contributed by atoms with Gasteiger partial charge in [-0.15, -0.1) is 0 Å². The van der Waals surface area contributed by atoms with Gasteiger partial charge in [0, 0.05) is 18.6 Å². The van der Waals surface area contributed by atoms with Crippen molar-refractivity contribution >= 4 is 0 Å². The summed E-state index contributed by atoms with van der Waals surface area (Å²) in [4.78, 5) is 5.20. The van der Waals surface area contributed by atoms with Gasteiger partial charge in [-0.1, -0.05) is 37.3 Å². The first-order valence-electron chi connectivity index (χ1n) is 9.99. The van der Waals surface area contributed by atoms with Crippen molar-refractivity contribution in [3.63, 3.8) is 0 Å². The van der Waals surface area contributed by atoms with Crippen LogP contribution in [-0.2, 0) is 6.54 Å². The summed E-state index contributed by atoms with van der Waals surface area (Å²) in [6.07, 6.45) is 5.33. The lowest BCUT2D eigenvalue weighted by molar-refractivity contribution is 0.144. The standard InChI is InChI=1S/C21H35N3/c1-3-23-13-9-20(10-14-23)18(2)22-21-11-15-24(16-12-21)17-19-7-5-4-6-8-19/h4-8,18,20-22H,3,9-17H2,1-2H3. The highest BCUT2D eigenvalue weighted by Crippen LogP contribution is 2.22. The Bertz CT molecular complexity index is 459. The Morgan fingerprint density at radius 2 is 1.58 bits per heavy atom. The smallest absolute Gasteiger partial charge is 0.0233 e. The van der Waals surface area contributed by atoms with Crippen LogP contribution in [0.1, 0.15) is 45.1 Å². The number of piperidine rings is 2. The van der Waals surface area contributed by atoms with Gasteiger partial charge in [0.15, 0.2) is 0 Å². The van der Waals surface area contributed by atoms with Gasteiger partial charge in [-0.05, 0) is 76.8 Å². The predicted octanol–water partition coefficient (Wildman–Crippen LogP) is 3.36. The van der Waals surface area contributed by atoms with Crippen molar-refractivity contribution in [2.75, 3.05) is 32.7 Å². The fraction of sp³-hybridized carbons (Fsp3) is 0.714. The molecule has 2 saturated heterocycles. The van der Waals surface area contributed by atoms with Crippen LogP contribution in [0.25, 0.3) is 0 Å². The summed E-state index contributed by atoms with van der Waals surface area (Å²) in [5.41, 5.74) is 1.44. The number of benzene rings is 1. The van der Waals surface area contributed by atoms with E-state index in [1.165, 1.54) is 64.0 Å². The van der Waals surface area contributed by atoms with Gasteiger partial charge in [-0.25, -0.2) is 0 Å². The molecule has 0 amide bonds. The molecule has 1 aromatic rings. The van der Waals surface area contributed by atoms with Crippen molar-refractivity contribution in [3.05, 3.63) is 35.9 Å². The Hall–Kier alpha value is -0.900. The van der Waals surface area contributed by atoms with E-state index in [4.69, 9.17) is 0 Å². The average molecular weight is 330 g/mol. The van der Waals surface area contributed by atoms with Crippen molar-refractivity contribution in [2.45, 2.75) is 58.2 Å². The lowest BCUT2D eigenvalue weighted by Crippen LogP contribution is -2.49. The van der Waals surface area contributed by atoms with E-state index in [0.29, 0.717) is 6.04 Å². The number of rotatable bonds is 6. The molecule has 1 N–H and O–H groups in total. The third-order valence-corrected chi connectivity index (χ3v) is 6.12. The number of hydrogen-bond acceptors (Lipinski definition) is 3. The Kier molecular flexibility index (Phi) is 6.70. The molecular weight excluding hydrogens is 294 g/mol. The molecule has 3 heteroatoms. The van der Waals surface area contributed by atoms with Crippen LogP contribution in [0.2, 0.25) is 0 Å². The fourth-order valence-corrected chi connectivity index (χ4v) is 4.38. The Labute approximate surface area is 148 Å². The van der Waals surface area contributed by atoms with Crippen molar-refractivity contribution in [1.29, 1.82) is 0 Å². The second-order valence-electron chi connectivity index (χ2n) is 7.76. The Morgan fingerprint density at radius 3 is 2.21 bits per heavy atom. The predicted molar refractivity (Wildman–Crippen MR) is 102 cm³/mol. The van der Waals surface area contributed by atoms with E-state index in [-0.39, 0.29) is 0 Å². The minimum atomic E-state index is 0.676. The van der Waals surface area contributed by atoms with E-state index in [2.05, 4.69) is 59.3 Å². The normalized spacial score (nSPS) is 23.4. The highest BCUT2D eigenvalue weighted by atomic mass is 15.1. The van der Waals surface area contributed by atoms with Gasteiger partial charge < -0.3 is 10.2 Å². The number of likely N-dealkylation sites (tertiary alicyclic amines) is 2. The average Bonchev–Trinajstić information content (AvgIpc) is 2.64. The van der Waals surface area contributed by atoms with Crippen LogP contribution < -0.4 is 5.32 Å². The molecule has 2 fully saturated rings. The summed E-state index contributed by atoms with van der Waals surface area (Å²) in [7, 11) is 0. The maximum absolute atomic E-state index is 3.96. The number of hydrogen-bond donors (Lipinski definition) is 1. The Balaban J connectivity index is 1.37. The lowest BCUT2D eigenvalue weighted by atomic mass is 9.89. The molecule has 0 bridgehead atoms. The molecule has 2 aliphatic heterocycles. The molecule has 3 nitrogen and oxygen atoms in total. The van der Waals surface area contributed by atoms with Crippen LogP contribution in [0.3, 0.4) is 0 Å². The molecule has 1 atom stereocenters. The van der Waals surface area contributed by atoms with E-state index in [1.54, 1.807) is 0 Å². The van der Waals surface area contributed by atoms with Crippen LogP contribution >= 0.6 is 0 Å². The summed E-state index contributed by atoms with van der Waals surface area (Å²) >= 11 is 0. The SMILES string of the molecule is CCN1CCC(C(C)NC2CCN(Cc3ccccc3)CC2)CC1. The Morgan fingerprint density at radius 1 is 0.958 bits per heavy atom. The van der Waals surface area contributed by atoms with E-state index in [9.17, 15) is 0 Å². The molecule has 1 unspecified atom stereocenters. The minimum absolute atomic E-state index is 0.676. The molecule has 2 heterocycles. The molecule has 2 aliphatic rings. The van der Waals surface area contributed by atoms with Crippen molar-refractivity contribution in [3.8, 4) is 0 Å². The first kappa shape index (κ1) is 17.9. The van der Waals surface area contributed by atoms with Crippen LogP contribution in [0.5, 0.6) is 0 Å². The zero-order chi connectivity index (χ0) is 16.8. The minimum Gasteiger partial charge on any atom is -0.311 e. The van der Waals surface area contributed by atoms with Gasteiger partial charge >= 0.3 is 0 Å². The maximum atomic E-state index is 3.96. The second kappa shape index (κ2) is 8.98.